The van der Waals surface area contributed by atoms with Gasteiger partial charge in [0.05, 0.1) is 25.4 Å². The number of ether oxygens (including phenoxy) is 2. The molecule has 8 atom stereocenters. The van der Waals surface area contributed by atoms with Crippen molar-refractivity contribution in [3.05, 3.63) is 0 Å². The Kier molecular flexibility index (Phi) is 24.7. The van der Waals surface area contributed by atoms with Crippen LogP contribution >= 0.6 is 0 Å². The third-order valence-electron chi connectivity index (χ3n) is 10.7. The van der Waals surface area contributed by atoms with Crippen LogP contribution < -0.4 is 5.32 Å². The summed E-state index contributed by atoms with van der Waals surface area (Å²) >= 11 is 0. The Morgan fingerprint density at radius 1 is 0.680 bits per heavy atom. The van der Waals surface area contributed by atoms with Gasteiger partial charge in [0.15, 0.2) is 6.29 Å². The van der Waals surface area contributed by atoms with Gasteiger partial charge >= 0.3 is 6.18 Å². The molecule has 1 aliphatic carbocycles. The molecule has 11 heteroatoms. The molecule has 1 saturated heterocycles. The van der Waals surface area contributed by atoms with E-state index in [-0.39, 0.29) is 6.42 Å². The molecule has 50 heavy (non-hydrogen) atoms. The van der Waals surface area contributed by atoms with Crippen LogP contribution in [0.5, 0.6) is 0 Å². The van der Waals surface area contributed by atoms with E-state index in [1.165, 1.54) is 96.3 Å². The highest BCUT2D eigenvalue weighted by molar-refractivity contribution is 4.90. The zero-order valence-electron chi connectivity index (χ0n) is 31.2. The van der Waals surface area contributed by atoms with E-state index in [1.807, 2.05) is 0 Å². The van der Waals surface area contributed by atoms with Crippen molar-refractivity contribution in [1.82, 2.24) is 5.32 Å². The molecule has 2 fully saturated rings. The van der Waals surface area contributed by atoms with E-state index in [0.29, 0.717) is 25.7 Å². The van der Waals surface area contributed by atoms with E-state index in [2.05, 4.69) is 12.2 Å². The number of hydrogen-bond acceptors (Lipinski definition) is 8. The Morgan fingerprint density at radius 3 is 1.64 bits per heavy atom. The van der Waals surface area contributed by atoms with Crippen LogP contribution in [-0.4, -0.2) is 93.8 Å². The smallest absolute Gasteiger partial charge is 0.394 e. The van der Waals surface area contributed by atoms with Gasteiger partial charge in [-0.15, -0.1) is 0 Å². The number of nitrogens with one attached hydrogen (secondary N) is 1. The van der Waals surface area contributed by atoms with Crippen molar-refractivity contribution in [2.75, 3.05) is 13.2 Å². The molecule has 0 spiro atoms. The normalized spacial score (nSPS) is 24.8. The second kappa shape index (κ2) is 27.1. The first-order chi connectivity index (χ1) is 24.1. The van der Waals surface area contributed by atoms with Gasteiger partial charge in [0.1, 0.15) is 30.5 Å². The number of alkyl halides is 3. The van der Waals surface area contributed by atoms with Crippen molar-refractivity contribution >= 4 is 0 Å². The summed E-state index contributed by atoms with van der Waals surface area (Å²) in [6.45, 7) is 1.16. The Morgan fingerprint density at radius 2 is 1.16 bits per heavy atom. The molecule has 6 N–H and O–H groups in total. The number of aliphatic hydroxyl groups excluding tert-OH is 5. The summed E-state index contributed by atoms with van der Waals surface area (Å²) in [6.07, 6.45) is 14.0. The lowest BCUT2D eigenvalue weighted by molar-refractivity contribution is -0.303. The SMILES string of the molecule is CCCCCCCCCCCCCCC[C@@H](O)[C@H](COC1OC(CO)C(O)C(O)C1O)NC(CCCCCCCCCCC1CC1)C(F)(F)F. The molecule has 2 aliphatic rings. The zero-order chi connectivity index (χ0) is 36.6. The molecular weight excluding hydrogens is 651 g/mol. The zero-order valence-corrected chi connectivity index (χ0v) is 31.2. The monoisotopic (exact) mass is 726 g/mol. The van der Waals surface area contributed by atoms with Crippen LogP contribution in [0, 0.1) is 5.92 Å². The summed E-state index contributed by atoms with van der Waals surface area (Å²) in [7, 11) is 0. The van der Waals surface area contributed by atoms with Gasteiger partial charge in [-0.3, -0.25) is 5.32 Å². The number of unbranched alkanes of at least 4 members (excludes halogenated alkanes) is 19. The summed E-state index contributed by atoms with van der Waals surface area (Å²) in [5.74, 6) is 0.962. The van der Waals surface area contributed by atoms with E-state index in [4.69, 9.17) is 9.47 Å². The lowest BCUT2D eigenvalue weighted by Gasteiger charge is -2.40. The summed E-state index contributed by atoms with van der Waals surface area (Å²) < 4.78 is 53.7. The molecular formula is C39H74F3NO7. The largest absolute Gasteiger partial charge is 0.403 e. The van der Waals surface area contributed by atoms with Crippen molar-refractivity contribution in [3.63, 3.8) is 0 Å². The molecule has 1 saturated carbocycles. The average Bonchev–Trinajstić information content (AvgIpc) is 3.92. The van der Waals surface area contributed by atoms with Crippen molar-refractivity contribution < 1.29 is 48.2 Å². The van der Waals surface area contributed by atoms with Gasteiger partial charge in [-0.25, -0.2) is 0 Å². The standard InChI is InChI=1S/C39H74F3NO7/c1-2-3-4-5-6-7-8-9-10-11-15-18-21-24-32(45)31(29-49-38-37(48)36(47)35(46)33(28-44)50-38)43-34(39(40,41)42)25-22-19-16-13-12-14-17-20-23-30-26-27-30/h30-38,43-48H,2-29H2,1H3/t31-,32+,33?,34?,35?,36?,37?,38?/m0/s1. The first-order valence-corrected chi connectivity index (χ1v) is 20.5. The fraction of sp³-hybridized carbons (Fsp3) is 1.00. The maximum absolute atomic E-state index is 14.2. The molecule has 298 valence electrons. The quantitative estimate of drug-likeness (QED) is 0.0387. The molecule has 0 aromatic carbocycles. The fourth-order valence-corrected chi connectivity index (χ4v) is 7.09. The molecule has 1 heterocycles. The minimum atomic E-state index is -4.53. The number of halogens is 3. The molecule has 0 aromatic heterocycles. The second-order valence-electron chi connectivity index (χ2n) is 15.3. The summed E-state index contributed by atoms with van der Waals surface area (Å²) in [4.78, 5) is 0. The van der Waals surface area contributed by atoms with Crippen LogP contribution in [0.2, 0.25) is 0 Å². The molecule has 8 nitrogen and oxygen atoms in total. The van der Waals surface area contributed by atoms with Crippen LogP contribution in [-0.2, 0) is 9.47 Å². The van der Waals surface area contributed by atoms with Gasteiger partial charge in [0, 0.05) is 0 Å². The number of hydrogen-bond donors (Lipinski definition) is 6. The van der Waals surface area contributed by atoms with E-state index < -0.39 is 68.3 Å². The minimum Gasteiger partial charge on any atom is -0.394 e. The van der Waals surface area contributed by atoms with Crippen LogP contribution in [0.15, 0.2) is 0 Å². The Balaban J connectivity index is 1.80. The topological polar surface area (TPSA) is 132 Å². The lowest BCUT2D eigenvalue weighted by Crippen LogP contribution is -2.60. The van der Waals surface area contributed by atoms with Gasteiger partial charge < -0.3 is 35.0 Å². The second-order valence-corrected chi connectivity index (χ2v) is 15.3. The van der Waals surface area contributed by atoms with Crippen molar-refractivity contribution in [3.8, 4) is 0 Å². The lowest BCUT2D eigenvalue weighted by atomic mass is 9.98. The van der Waals surface area contributed by atoms with E-state index in [0.717, 1.165) is 44.4 Å². The highest BCUT2D eigenvalue weighted by atomic mass is 19.4. The Hall–Kier alpha value is -0.530. The maximum atomic E-state index is 14.2. The molecule has 0 bridgehead atoms. The summed E-state index contributed by atoms with van der Waals surface area (Å²) in [6, 6.07) is -2.95. The van der Waals surface area contributed by atoms with Crippen LogP contribution in [0.25, 0.3) is 0 Å². The fourth-order valence-electron chi connectivity index (χ4n) is 7.09. The van der Waals surface area contributed by atoms with Gasteiger partial charge in [-0.05, 0) is 18.8 Å². The third kappa shape index (κ3) is 20.1. The highest BCUT2D eigenvalue weighted by Crippen LogP contribution is 2.34. The molecule has 2 rings (SSSR count). The van der Waals surface area contributed by atoms with Crippen molar-refractivity contribution in [2.45, 2.75) is 229 Å². The third-order valence-corrected chi connectivity index (χ3v) is 10.7. The number of aliphatic hydroxyl groups is 5. The predicted molar refractivity (Wildman–Crippen MR) is 192 cm³/mol. The van der Waals surface area contributed by atoms with Crippen molar-refractivity contribution in [2.24, 2.45) is 5.92 Å². The van der Waals surface area contributed by atoms with E-state index in [9.17, 15) is 38.7 Å². The van der Waals surface area contributed by atoms with E-state index in [1.54, 1.807) is 0 Å². The van der Waals surface area contributed by atoms with Crippen molar-refractivity contribution in [1.29, 1.82) is 0 Å². The molecule has 0 amide bonds. The van der Waals surface area contributed by atoms with E-state index >= 15 is 0 Å². The van der Waals surface area contributed by atoms with Gasteiger partial charge in [0.25, 0.3) is 0 Å². The van der Waals surface area contributed by atoms with Gasteiger partial charge in [-0.1, -0.05) is 161 Å². The first-order valence-electron chi connectivity index (χ1n) is 20.5. The predicted octanol–water partition coefficient (Wildman–Crippen LogP) is 7.85. The molecule has 6 unspecified atom stereocenters. The first kappa shape index (κ1) is 45.6. The van der Waals surface area contributed by atoms with Crippen LogP contribution in [0.4, 0.5) is 13.2 Å². The molecule has 0 aromatic rings. The van der Waals surface area contributed by atoms with Gasteiger partial charge in [0.2, 0.25) is 0 Å². The maximum Gasteiger partial charge on any atom is 0.403 e. The Labute approximate surface area is 301 Å². The van der Waals surface area contributed by atoms with Gasteiger partial charge in [-0.2, -0.15) is 13.2 Å². The highest BCUT2D eigenvalue weighted by Gasteiger charge is 2.45. The molecule has 1 aliphatic heterocycles. The average molecular weight is 726 g/mol. The minimum absolute atomic E-state index is 0.118. The Bertz CT molecular complexity index is 804. The summed E-state index contributed by atoms with van der Waals surface area (Å²) in [5.41, 5.74) is 0. The number of rotatable bonds is 32. The van der Waals surface area contributed by atoms with Crippen LogP contribution in [0.1, 0.15) is 174 Å². The van der Waals surface area contributed by atoms with Crippen LogP contribution in [0.3, 0.4) is 0 Å². The molecule has 0 radical (unpaired) electrons. The summed E-state index contributed by atoms with van der Waals surface area (Å²) in [5, 5.41) is 53.8.